The summed E-state index contributed by atoms with van der Waals surface area (Å²) in [6.07, 6.45) is 16.0. The first-order valence-corrected chi connectivity index (χ1v) is 11.2. The lowest BCUT2D eigenvalue weighted by Gasteiger charge is -2.15. The van der Waals surface area contributed by atoms with Crippen LogP contribution in [0.25, 0.3) is 0 Å². The number of rotatable bonds is 14. The van der Waals surface area contributed by atoms with Crippen molar-refractivity contribution in [2.75, 3.05) is 0 Å². The molecule has 0 aliphatic rings. The molecule has 26 heavy (non-hydrogen) atoms. The predicted molar refractivity (Wildman–Crippen MR) is 119 cm³/mol. The summed E-state index contributed by atoms with van der Waals surface area (Å²) in [6, 6.07) is 10.8. The second-order valence-corrected chi connectivity index (χ2v) is 9.10. The Morgan fingerprint density at radius 2 is 1.31 bits per heavy atom. The molecule has 0 heterocycles. The van der Waals surface area contributed by atoms with Crippen LogP contribution in [-0.4, -0.2) is 0 Å². The Morgan fingerprint density at radius 1 is 0.769 bits per heavy atom. The van der Waals surface area contributed by atoms with E-state index < -0.39 is 0 Å². The van der Waals surface area contributed by atoms with Crippen LogP contribution in [-0.2, 0) is 6.42 Å². The van der Waals surface area contributed by atoms with Crippen LogP contribution < -0.4 is 0 Å². The zero-order chi connectivity index (χ0) is 19.2. The fraction of sp³-hybridized carbons (Fsp3) is 0.692. The maximum Gasteiger partial charge on any atom is -0.00949 e. The molecule has 1 aromatic rings. The van der Waals surface area contributed by atoms with Gasteiger partial charge in [0.05, 0.1) is 0 Å². The zero-order valence-electron chi connectivity index (χ0n) is 18.3. The van der Waals surface area contributed by atoms with Crippen molar-refractivity contribution in [1.29, 1.82) is 0 Å². The molecule has 0 heteroatoms. The normalized spacial score (nSPS) is 14.6. The molecule has 0 N–H and O–H groups in total. The minimum Gasteiger partial charge on any atom is -0.0812 e. The van der Waals surface area contributed by atoms with Gasteiger partial charge < -0.3 is 0 Å². The van der Waals surface area contributed by atoms with Crippen molar-refractivity contribution >= 4 is 0 Å². The van der Waals surface area contributed by atoms with Gasteiger partial charge in [-0.15, -0.1) is 0 Å². The fourth-order valence-electron chi connectivity index (χ4n) is 3.72. The molecule has 0 amide bonds. The molecule has 2 unspecified atom stereocenters. The third kappa shape index (κ3) is 12.3. The van der Waals surface area contributed by atoms with Gasteiger partial charge >= 0.3 is 0 Å². The topological polar surface area (TPSA) is 0 Å². The second kappa shape index (κ2) is 14.1. The highest BCUT2D eigenvalue weighted by Gasteiger charge is 2.06. The van der Waals surface area contributed by atoms with E-state index in [-0.39, 0.29) is 0 Å². The summed E-state index contributed by atoms with van der Waals surface area (Å²) in [5.41, 5.74) is 2.97. The molecule has 2 atom stereocenters. The first kappa shape index (κ1) is 23.0. The summed E-state index contributed by atoms with van der Waals surface area (Å²) < 4.78 is 0. The molecule has 0 aliphatic carbocycles. The summed E-state index contributed by atoms with van der Waals surface area (Å²) in [5, 5.41) is 0. The number of benzene rings is 1. The van der Waals surface area contributed by atoms with Gasteiger partial charge in [0.2, 0.25) is 0 Å². The maximum atomic E-state index is 2.45. The SMILES string of the molecule is CC(=CCc1ccccc1)CCCC(C)CCCC(C)CCCC(C)C. The van der Waals surface area contributed by atoms with Crippen LogP contribution >= 0.6 is 0 Å². The quantitative estimate of drug-likeness (QED) is 0.293. The minimum atomic E-state index is 0.868. The Bertz CT molecular complexity index is 468. The lowest BCUT2D eigenvalue weighted by Crippen LogP contribution is -2.00. The van der Waals surface area contributed by atoms with Gasteiger partial charge in [0.15, 0.2) is 0 Å². The molecule has 1 rings (SSSR count). The Kier molecular flexibility index (Phi) is 12.4. The molecule has 0 nitrogen and oxygen atoms in total. The van der Waals surface area contributed by atoms with E-state index >= 15 is 0 Å². The molecule has 0 saturated heterocycles. The minimum absolute atomic E-state index is 0.868. The van der Waals surface area contributed by atoms with E-state index in [0.717, 1.165) is 24.2 Å². The first-order chi connectivity index (χ1) is 12.5. The lowest BCUT2D eigenvalue weighted by molar-refractivity contribution is 0.389. The summed E-state index contributed by atoms with van der Waals surface area (Å²) in [4.78, 5) is 0. The molecule has 148 valence electrons. The van der Waals surface area contributed by atoms with Gasteiger partial charge in [0, 0.05) is 0 Å². The summed E-state index contributed by atoms with van der Waals surface area (Å²) >= 11 is 0. The third-order valence-electron chi connectivity index (χ3n) is 5.67. The van der Waals surface area contributed by atoms with E-state index in [2.05, 4.69) is 71.0 Å². The largest absolute Gasteiger partial charge is 0.0812 e. The molecule has 0 aromatic heterocycles. The van der Waals surface area contributed by atoms with Crippen molar-refractivity contribution < 1.29 is 0 Å². The van der Waals surface area contributed by atoms with E-state index in [1.165, 1.54) is 63.4 Å². The molecule has 0 spiro atoms. The van der Waals surface area contributed by atoms with Crippen molar-refractivity contribution in [3.05, 3.63) is 47.5 Å². The van der Waals surface area contributed by atoms with Crippen molar-refractivity contribution in [2.24, 2.45) is 17.8 Å². The third-order valence-corrected chi connectivity index (χ3v) is 5.67. The number of allylic oxidation sites excluding steroid dienone is 2. The highest BCUT2D eigenvalue weighted by atomic mass is 14.1. The molecule has 0 bridgehead atoms. The first-order valence-electron chi connectivity index (χ1n) is 11.2. The lowest BCUT2D eigenvalue weighted by atomic mass is 9.91. The average Bonchev–Trinajstić information content (AvgIpc) is 2.60. The smallest absolute Gasteiger partial charge is 0.00949 e. The number of hydrogen-bond donors (Lipinski definition) is 0. The van der Waals surface area contributed by atoms with Gasteiger partial charge in [0.25, 0.3) is 0 Å². The van der Waals surface area contributed by atoms with Gasteiger partial charge in [-0.2, -0.15) is 0 Å². The Labute approximate surface area is 164 Å². The molecular weight excluding hydrogens is 312 g/mol. The van der Waals surface area contributed by atoms with Gasteiger partial charge in [-0.3, -0.25) is 0 Å². The predicted octanol–water partition coefficient (Wildman–Crippen LogP) is 8.61. The summed E-state index contributed by atoms with van der Waals surface area (Å²) in [6.45, 7) is 11.9. The van der Waals surface area contributed by atoms with Crippen molar-refractivity contribution in [2.45, 2.75) is 98.8 Å². The number of hydrogen-bond acceptors (Lipinski definition) is 0. The van der Waals surface area contributed by atoms with Crippen LogP contribution in [0.1, 0.15) is 98.0 Å². The monoisotopic (exact) mass is 356 g/mol. The van der Waals surface area contributed by atoms with Crippen LogP contribution in [0, 0.1) is 17.8 Å². The van der Waals surface area contributed by atoms with Gasteiger partial charge in [-0.1, -0.05) is 115 Å². The molecule has 0 fully saturated rings. The molecule has 1 aromatic carbocycles. The van der Waals surface area contributed by atoms with Crippen LogP contribution in [0.4, 0.5) is 0 Å². The highest BCUT2D eigenvalue weighted by molar-refractivity contribution is 5.18. The van der Waals surface area contributed by atoms with Crippen molar-refractivity contribution in [3.63, 3.8) is 0 Å². The molecule has 0 aliphatic heterocycles. The second-order valence-electron chi connectivity index (χ2n) is 9.10. The van der Waals surface area contributed by atoms with Crippen molar-refractivity contribution in [1.82, 2.24) is 0 Å². The van der Waals surface area contributed by atoms with Crippen LogP contribution in [0.5, 0.6) is 0 Å². The van der Waals surface area contributed by atoms with Gasteiger partial charge in [-0.25, -0.2) is 0 Å². The molecule has 0 radical (unpaired) electrons. The standard InChI is InChI=1S/C26H44/c1-22(2)12-9-13-23(3)14-10-15-24(4)16-11-17-25(5)20-21-26-18-7-6-8-19-26/h6-8,18-20,22-24H,9-17,21H2,1-5H3. The van der Waals surface area contributed by atoms with E-state index in [4.69, 9.17) is 0 Å². The summed E-state index contributed by atoms with van der Waals surface area (Å²) in [5.74, 6) is 2.68. The Hall–Kier alpha value is -1.04. The highest BCUT2D eigenvalue weighted by Crippen LogP contribution is 2.22. The van der Waals surface area contributed by atoms with Gasteiger partial charge in [-0.05, 0) is 49.5 Å². The van der Waals surface area contributed by atoms with E-state index in [1.54, 1.807) is 5.57 Å². The Morgan fingerprint density at radius 3 is 1.88 bits per heavy atom. The van der Waals surface area contributed by atoms with Gasteiger partial charge in [0.1, 0.15) is 0 Å². The van der Waals surface area contributed by atoms with Crippen LogP contribution in [0.15, 0.2) is 42.0 Å². The molecule has 0 saturated carbocycles. The van der Waals surface area contributed by atoms with E-state index in [0.29, 0.717) is 0 Å². The molecular formula is C26H44. The fourth-order valence-corrected chi connectivity index (χ4v) is 3.72. The van der Waals surface area contributed by atoms with E-state index in [9.17, 15) is 0 Å². The van der Waals surface area contributed by atoms with Crippen LogP contribution in [0.2, 0.25) is 0 Å². The average molecular weight is 357 g/mol. The maximum absolute atomic E-state index is 2.45. The van der Waals surface area contributed by atoms with Crippen LogP contribution in [0.3, 0.4) is 0 Å². The summed E-state index contributed by atoms with van der Waals surface area (Å²) in [7, 11) is 0. The zero-order valence-corrected chi connectivity index (χ0v) is 18.3. The Balaban J connectivity index is 2.06. The van der Waals surface area contributed by atoms with Crippen molar-refractivity contribution in [3.8, 4) is 0 Å². The van der Waals surface area contributed by atoms with E-state index in [1.807, 2.05) is 0 Å².